The normalized spacial score (nSPS) is 13.0. The molecule has 0 bridgehead atoms. The molecule has 0 fully saturated rings. The molecular formula is C22H41NO4. The van der Waals surface area contributed by atoms with Gasteiger partial charge in [0.1, 0.15) is 6.54 Å². The molecule has 0 heterocycles. The molecule has 0 saturated carbocycles. The molecule has 0 aliphatic heterocycles. The smallest absolute Gasteiger partial charge is 0.306 e. The number of quaternary nitrogens is 1. The fourth-order valence-corrected chi connectivity index (χ4v) is 2.99. The molecule has 27 heavy (non-hydrogen) atoms. The van der Waals surface area contributed by atoms with Crippen LogP contribution in [0.2, 0.25) is 0 Å². The third-order valence-electron chi connectivity index (χ3n) is 4.34. The minimum absolute atomic E-state index is 0.248. The van der Waals surface area contributed by atoms with Gasteiger partial charge in [0.05, 0.1) is 21.1 Å². The molecule has 0 aliphatic carbocycles. The fourth-order valence-electron chi connectivity index (χ4n) is 2.99. The van der Waals surface area contributed by atoms with Gasteiger partial charge in [-0.3, -0.25) is 4.79 Å². The summed E-state index contributed by atoms with van der Waals surface area (Å²) in [6, 6.07) is 0. The lowest BCUT2D eigenvalue weighted by Crippen LogP contribution is -2.45. The first kappa shape index (κ1) is 25.6. The zero-order valence-electron chi connectivity index (χ0n) is 18.0. The molecule has 0 aliphatic rings. The van der Waals surface area contributed by atoms with Gasteiger partial charge in [-0.05, 0) is 32.1 Å². The number of unbranched alkanes of at least 4 members (excludes halogenated alkanes) is 8. The van der Waals surface area contributed by atoms with E-state index in [9.17, 15) is 14.7 Å². The summed E-state index contributed by atoms with van der Waals surface area (Å²) in [6.07, 6.45) is 15.7. The first-order valence-electron chi connectivity index (χ1n) is 10.6. The van der Waals surface area contributed by atoms with Crippen LogP contribution < -0.4 is 5.11 Å². The van der Waals surface area contributed by atoms with E-state index in [0.29, 0.717) is 17.4 Å². The second kappa shape index (κ2) is 15.7. The number of ether oxygens (including phenoxy) is 1. The van der Waals surface area contributed by atoms with Crippen molar-refractivity contribution in [3.63, 3.8) is 0 Å². The zero-order valence-corrected chi connectivity index (χ0v) is 18.0. The summed E-state index contributed by atoms with van der Waals surface area (Å²) in [7, 11) is 5.81. The quantitative estimate of drug-likeness (QED) is 0.167. The topological polar surface area (TPSA) is 66.4 Å². The molecule has 0 amide bonds. The predicted octanol–water partition coefficient (Wildman–Crippen LogP) is 3.61. The molecule has 0 aromatic heterocycles. The fraction of sp³-hybridized carbons (Fsp3) is 0.818. The van der Waals surface area contributed by atoms with Gasteiger partial charge in [0, 0.05) is 18.8 Å². The number of likely N-dealkylation sites (N-methyl/N-ethyl adjacent to an activating group) is 1. The van der Waals surface area contributed by atoms with E-state index in [4.69, 9.17) is 4.74 Å². The number of aliphatic carboxylic acids is 1. The molecule has 0 aromatic rings. The average molecular weight is 384 g/mol. The summed E-state index contributed by atoms with van der Waals surface area (Å²) >= 11 is 0. The monoisotopic (exact) mass is 383 g/mol. The van der Waals surface area contributed by atoms with Crippen molar-refractivity contribution >= 4 is 11.9 Å². The molecule has 0 rings (SSSR count). The van der Waals surface area contributed by atoms with Crippen molar-refractivity contribution in [3.05, 3.63) is 12.2 Å². The maximum atomic E-state index is 11.9. The van der Waals surface area contributed by atoms with E-state index in [1.807, 2.05) is 21.1 Å². The number of nitrogens with zero attached hydrogens (tertiary/aromatic N) is 1. The highest BCUT2D eigenvalue weighted by Crippen LogP contribution is 2.10. The summed E-state index contributed by atoms with van der Waals surface area (Å²) in [4.78, 5) is 22.8. The lowest BCUT2D eigenvalue weighted by atomic mass is 10.1. The third kappa shape index (κ3) is 19.2. The first-order chi connectivity index (χ1) is 12.7. The maximum absolute atomic E-state index is 11.9. The Hall–Kier alpha value is -1.36. The number of carboxylic acids is 1. The lowest BCUT2D eigenvalue weighted by Gasteiger charge is -2.29. The van der Waals surface area contributed by atoms with E-state index < -0.39 is 12.1 Å². The van der Waals surface area contributed by atoms with Crippen LogP contribution in [0.3, 0.4) is 0 Å². The van der Waals surface area contributed by atoms with Gasteiger partial charge < -0.3 is 19.1 Å². The van der Waals surface area contributed by atoms with Crippen molar-refractivity contribution in [2.75, 3.05) is 27.7 Å². The van der Waals surface area contributed by atoms with Crippen LogP contribution in [0.1, 0.15) is 84.0 Å². The molecule has 0 radical (unpaired) electrons. The predicted molar refractivity (Wildman–Crippen MR) is 108 cm³/mol. The van der Waals surface area contributed by atoms with Crippen LogP contribution in [0, 0.1) is 0 Å². The van der Waals surface area contributed by atoms with E-state index >= 15 is 0 Å². The Balaban J connectivity index is 3.79. The largest absolute Gasteiger partial charge is 0.550 e. The molecule has 0 N–H and O–H groups in total. The van der Waals surface area contributed by atoms with E-state index in [1.165, 1.54) is 38.5 Å². The third-order valence-corrected chi connectivity index (χ3v) is 4.34. The minimum Gasteiger partial charge on any atom is -0.550 e. The highest BCUT2D eigenvalue weighted by molar-refractivity contribution is 5.70. The molecular weight excluding hydrogens is 342 g/mol. The van der Waals surface area contributed by atoms with E-state index in [-0.39, 0.29) is 12.4 Å². The van der Waals surface area contributed by atoms with Gasteiger partial charge in [0.2, 0.25) is 0 Å². The summed E-state index contributed by atoms with van der Waals surface area (Å²) in [5.74, 6) is -1.50. The van der Waals surface area contributed by atoms with Crippen molar-refractivity contribution in [2.45, 2.75) is 90.1 Å². The van der Waals surface area contributed by atoms with Crippen LogP contribution in [-0.2, 0) is 14.3 Å². The Morgan fingerprint density at radius 2 is 1.48 bits per heavy atom. The number of hydrogen-bond acceptors (Lipinski definition) is 4. The van der Waals surface area contributed by atoms with Crippen LogP contribution in [0.4, 0.5) is 0 Å². The highest BCUT2D eigenvalue weighted by atomic mass is 16.5. The first-order valence-corrected chi connectivity index (χ1v) is 10.6. The molecule has 1 unspecified atom stereocenters. The average Bonchev–Trinajstić information content (AvgIpc) is 2.53. The standard InChI is InChI=1S/C22H41NO4/c1-5-6-7-8-9-10-11-12-13-14-15-16-17-22(26)27-20(18-21(24)25)19-23(2,3)4/h12-13,20H,5-11,14-19H2,1-4H3/b13-12+. The molecule has 0 aromatic carbocycles. The number of hydrogen-bond donors (Lipinski definition) is 0. The van der Waals surface area contributed by atoms with Gasteiger partial charge in [-0.2, -0.15) is 0 Å². The van der Waals surface area contributed by atoms with Crippen LogP contribution >= 0.6 is 0 Å². The van der Waals surface area contributed by atoms with Gasteiger partial charge >= 0.3 is 5.97 Å². The summed E-state index contributed by atoms with van der Waals surface area (Å²) in [5, 5.41) is 10.8. The number of carbonyl (C=O) groups is 2. The Kier molecular flexibility index (Phi) is 14.9. The Bertz CT molecular complexity index is 427. The SMILES string of the molecule is CCCCCCCC/C=C/CCCCC(=O)OC(CC(=O)[O-])C[N+](C)(C)C. The van der Waals surface area contributed by atoms with Crippen LogP contribution in [0.25, 0.3) is 0 Å². The van der Waals surface area contributed by atoms with Crippen LogP contribution in [-0.4, -0.2) is 50.2 Å². The second-order valence-electron chi connectivity index (χ2n) is 8.43. The van der Waals surface area contributed by atoms with E-state index in [1.54, 1.807) is 0 Å². The number of carbonyl (C=O) groups excluding carboxylic acids is 2. The van der Waals surface area contributed by atoms with Crippen molar-refractivity contribution < 1.29 is 23.9 Å². The van der Waals surface area contributed by atoms with Gasteiger partial charge in [-0.1, -0.05) is 51.2 Å². The minimum atomic E-state index is -1.18. The Morgan fingerprint density at radius 1 is 0.926 bits per heavy atom. The number of esters is 1. The van der Waals surface area contributed by atoms with Gasteiger partial charge in [-0.15, -0.1) is 0 Å². The molecule has 0 spiro atoms. The molecule has 1 atom stereocenters. The summed E-state index contributed by atoms with van der Waals surface area (Å²) < 4.78 is 5.88. The second-order valence-corrected chi connectivity index (χ2v) is 8.43. The van der Waals surface area contributed by atoms with Gasteiger partial charge in [-0.25, -0.2) is 0 Å². The van der Waals surface area contributed by atoms with Crippen LogP contribution in [0.5, 0.6) is 0 Å². The van der Waals surface area contributed by atoms with E-state index in [2.05, 4.69) is 19.1 Å². The highest BCUT2D eigenvalue weighted by Gasteiger charge is 2.22. The summed E-state index contributed by atoms with van der Waals surface area (Å²) in [6.45, 7) is 2.69. The summed E-state index contributed by atoms with van der Waals surface area (Å²) in [5.41, 5.74) is 0. The van der Waals surface area contributed by atoms with Crippen molar-refractivity contribution in [3.8, 4) is 0 Å². The van der Waals surface area contributed by atoms with Gasteiger partial charge in [0.25, 0.3) is 0 Å². The molecule has 5 nitrogen and oxygen atoms in total. The van der Waals surface area contributed by atoms with Gasteiger partial charge in [0.15, 0.2) is 6.10 Å². The van der Waals surface area contributed by atoms with Crippen molar-refractivity contribution in [1.29, 1.82) is 0 Å². The van der Waals surface area contributed by atoms with Crippen molar-refractivity contribution in [1.82, 2.24) is 0 Å². The lowest BCUT2D eigenvalue weighted by molar-refractivity contribution is -0.873. The zero-order chi connectivity index (χ0) is 20.5. The number of rotatable bonds is 17. The number of allylic oxidation sites excluding steroid dienone is 2. The molecule has 0 saturated heterocycles. The maximum Gasteiger partial charge on any atom is 0.306 e. The van der Waals surface area contributed by atoms with E-state index in [0.717, 1.165) is 25.7 Å². The Morgan fingerprint density at radius 3 is 2.04 bits per heavy atom. The van der Waals surface area contributed by atoms with Crippen molar-refractivity contribution in [2.24, 2.45) is 0 Å². The van der Waals surface area contributed by atoms with Crippen LogP contribution in [0.15, 0.2) is 12.2 Å². The Labute approximate surface area is 166 Å². The molecule has 158 valence electrons. The number of carboxylic acid groups (broad SMARTS) is 1. The molecule has 5 heteroatoms.